The molecule has 1 aromatic heterocycles. The van der Waals surface area contributed by atoms with Crippen molar-refractivity contribution >= 4 is 20.1 Å². The molecule has 0 saturated carbocycles. The molecule has 0 radical (unpaired) electrons. The average molecular weight is 571 g/mol. The predicted octanol–water partition coefficient (Wildman–Crippen LogP) is 0.633. The molecular weight excluding hydrogens is 544 g/mol. The number of H-pyrrole nitrogens is 1. The van der Waals surface area contributed by atoms with Gasteiger partial charge in [-0.05, 0) is 32.4 Å². The van der Waals surface area contributed by atoms with Crippen molar-refractivity contribution < 1.29 is 47.8 Å². The quantitative estimate of drug-likeness (QED) is 0.183. The van der Waals surface area contributed by atoms with E-state index in [9.17, 15) is 29.2 Å². The molecular formula is C23H27FN3O11P. The third-order valence-electron chi connectivity index (χ3n) is 5.64. The zero-order valence-corrected chi connectivity index (χ0v) is 21.8. The summed E-state index contributed by atoms with van der Waals surface area (Å²) in [7, 11) is -2.77. The van der Waals surface area contributed by atoms with E-state index in [1.807, 2.05) is 4.98 Å². The largest absolute Gasteiger partial charge is 0.575 e. The highest BCUT2D eigenvalue weighted by Crippen LogP contribution is 2.41. The second-order valence-electron chi connectivity index (χ2n) is 8.68. The van der Waals surface area contributed by atoms with Crippen molar-refractivity contribution in [2.75, 3.05) is 13.2 Å². The van der Waals surface area contributed by atoms with Gasteiger partial charge in [-0.25, -0.2) is 14.0 Å². The molecule has 1 fully saturated rings. The summed E-state index contributed by atoms with van der Waals surface area (Å²) in [6.45, 7) is 1.84. The fourth-order valence-electron chi connectivity index (χ4n) is 3.59. The van der Waals surface area contributed by atoms with E-state index in [-0.39, 0.29) is 30.9 Å². The number of alkyl halides is 1. The van der Waals surface area contributed by atoms with Crippen LogP contribution in [0.25, 0.3) is 0 Å². The first kappa shape index (κ1) is 29.9. The van der Waals surface area contributed by atoms with E-state index in [0.29, 0.717) is 0 Å². The van der Waals surface area contributed by atoms with Gasteiger partial charge in [0.1, 0.15) is 18.8 Å². The number of para-hydroxylation sites is 2. The van der Waals surface area contributed by atoms with Gasteiger partial charge in [-0.2, -0.15) is 0 Å². The summed E-state index contributed by atoms with van der Waals surface area (Å²) >= 11 is 0. The third-order valence-corrected chi connectivity index (χ3v) is 6.53. The van der Waals surface area contributed by atoms with Crippen LogP contribution >= 0.6 is 8.17 Å². The van der Waals surface area contributed by atoms with Crippen LogP contribution in [-0.2, 0) is 19.1 Å². The van der Waals surface area contributed by atoms with Crippen molar-refractivity contribution in [3.05, 3.63) is 57.4 Å². The van der Waals surface area contributed by atoms with Crippen LogP contribution in [0.2, 0.25) is 0 Å². The van der Waals surface area contributed by atoms with Gasteiger partial charge in [0, 0.05) is 18.7 Å². The minimum absolute atomic E-state index is 0.0340. The molecule has 39 heavy (non-hydrogen) atoms. The monoisotopic (exact) mass is 571 g/mol. The fraction of sp³-hybridized carbons (Fsp3) is 0.478. The number of nitrogens with zero attached hydrogens (tertiary/aromatic N) is 2. The first-order valence-electron chi connectivity index (χ1n) is 11.7. The summed E-state index contributed by atoms with van der Waals surface area (Å²) in [4.78, 5) is 60.3. The number of rotatable bonds is 12. The number of hydrogen-bond acceptors (Lipinski definition) is 11. The van der Waals surface area contributed by atoms with Gasteiger partial charge in [0.2, 0.25) is 5.75 Å². The molecule has 3 N–H and O–H groups in total. The van der Waals surface area contributed by atoms with E-state index in [2.05, 4.69) is 4.74 Å². The number of aromatic nitrogens is 2. The third kappa shape index (κ3) is 7.69. The molecule has 212 valence electrons. The lowest BCUT2D eigenvalue weighted by atomic mass is 9.98. The summed E-state index contributed by atoms with van der Waals surface area (Å²) in [5.74, 6) is -1.83. The lowest BCUT2D eigenvalue weighted by molar-refractivity contribution is -0.169. The Balaban J connectivity index is 1.63. The molecule has 1 unspecified atom stereocenters. The molecule has 6 atom stereocenters. The number of carboxylic acid groups (broad SMARTS) is 1. The maximum Gasteiger partial charge on any atom is 0.395 e. The van der Waals surface area contributed by atoms with Crippen LogP contribution in [0.3, 0.4) is 0 Å². The number of benzene rings is 1. The minimum Gasteiger partial charge on any atom is -0.575 e. The van der Waals surface area contributed by atoms with E-state index in [4.69, 9.17) is 23.8 Å². The summed E-state index contributed by atoms with van der Waals surface area (Å²) in [5.41, 5.74) is -4.03. The molecule has 0 amide bonds. The Kier molecular flexibility index (Phi) is 9.92. The zero-order valence-electron chi connectivity index (χ0n) is 20.9. The predicted molar refractivity (Wildman–Crippen MR) is 130 cm³/mol. The van der Waals surface area contributed by atoms with Gasteiger partial charge in [0.05, 0.1) is 6.61 Å². The molecule has 1 aliphatic heterocycles. The maximum absolute atomic E-state index is 15.4. The fourth-order valence-corrected chi connectivity index (χ4v) is 4.34. The van der Waals surface area contributed by atoms with Crippen LogP contribution in [-0.4, -0.2) is 68.8 Å². The maximum atomic E-state index is 15.4. The van der Waals surface area contributed by atoms with Gasteiger partial charge in [-0.1, -0.05) is 16.9 Å². The van der Waals surface area contributed by atoms with Crippen molar-refractivity contribution in [3.63, 3.8) is 0 Å². The summed E-state index contributed by atoms with van der Waals surface area (Å²) in [5, 5.41) is 19.1. The number of carbonyl (C=O) groups excluding carboxylic acids is 1. The minimum atomic E-state index is -2.77. The number of aliphatic hydroxyl groups is 1. The van der Waals surface area contributed by atoms with E-state index in [1.54, 1.807) is 12.1 Å². The summed E-state index contributed by atoms with van der Waals surface area (Å²) in [6, 6.07) is 5.81. The van der Waals surface area contributed by atoms with Gasteiger partial charge < -0.3 is 29.3 Å². The van der Waals surface area contributed by atoms with Crippen molar-refractivity contribution in [2.24, 2.45) is 4.74 Å². The topological polar surface area (TPSA) is 202 Å². The number of hydrogen-bond donors (Lipinski definition) is 3. The molecule has 0 aliphatic carbocycles. The Morgan fingerprint density at radius 1 is 1.31 bits per heavy atom. The highest BCUT2D eigenvalue weighted by atomic mass is 31.1. The number of carboxylic acids is 1. The Morgan fingerprint density at radius 2 is 2.00 bits per heavy atom. The standard InChI is InChI=1S/C23H27FN3O11P/c1-13(20(32)35-11-5-8-18(29)30)26-39(34)38-15-7-4-3-6-14(15)36-12-16-19(31)23(2,24)21(37-16)27-10-9-17(28)25-22(27)33/h3-4,6-7,9-10,13,16,19,21,31H,5,8,11-12H2,1-2H3,(H,29,30)(H,25,28,33)/t13-,16+,19+,21+,23+/m0/s1. The van der Waals surface area contributed by atoms with Gasteiger partial charge >= 0.3 is 25.8 Å². The van der Waals surface area contributed by atoms with Crippen LogP contribution in [0.15, 0.2) is 50.9 Å². The smallest absolute Gasteiger partial charge is 0.395 e. The molecule has 3 rings (SSSR count). The van der Waals surface area contributed by atoms with Crippen LogP contribution in [0.4, 0.5) is 4.39 Å². The highest BCUT2D eigenvalue weighted by molar-refractivity contribution is 7.34. The lowest BCUT2D eigenvalue weighted by Gasteiger charge is -2.24. The number of aromatic amines is 1. The molecule has 1 saturated heterocycles. The molecule has 2 aromatic rings. The van der Waals surface area contributed by atoms with Crippen molar-refractivity contribution in [2.45, 2.75) is 56.8 Å². The number of ether oxygens (including phenoxy) is 3. The molecule has 0 spiro atoms. The molecule has 1 aromatic carbocycles. The lowest BCUT2D eigenvalue weighted by Crippen LogP contribution is -2.43. The van der Waals surface area contributed by atoms with E-state index < -0.39 is 68.1 Å². The zero-order chi connectivity index (χ0) is 28.7. The van der Waals surface area contributed by atoms with Crippen molar-refractivity contribution in [3.8, 4) is 11.5 Å². The average Bonchev–Trinajstić information content (AvgIpc) is 3.09. The molecule has 1 aliphatic rings. The van der Waals surface area contributed by atoms with E-state index >= 15 is 4.39 Å². The van der Waals surface area contributed by atoms with Crippen molar-refractivity contribution in [1.82, 2.24) is 9.55 Å². The molecule has 16 heteroatoms. The first-order chi connectivity index (χ1) is 18.4. The van der Waals surface area contributed by atoms with Gasteiger partial charge in [-0.15, -0.1) is 0 Å². The van der Waals surface area contributed by atoms with Crippen LogP contribution in [0, 0.1) is 0 Å². The van der Waals surface area contributed by atoms with Gasteiger partial charge in [-0.3, -0.25) is 23.7 Å². The number of nitrogens with one attached hydrogen (secondary N) is 1. The number of halogens is 1. The summed E-state index contributed by atoms with van der Waals surface area (Å²) < 4.78 is 41.3. The van der Waals surface area contributed by atoms with Crippen LogP contribution < -0.4 is 25.4 Å². The second kappa shape index (κ2) is 12.9. The molecule has 2 heterocycles. The van der Waals surface area contributed by atoms with E-state index in [0.717, 1.165) is 23.8 Å². The van der Waals surface area contributed by atoms with Crippen LogP contribution in [0.5, 0.6) is 11.5 Å². The van der Waals surface area contributed by atoms with Crippen molar-refractivity contribution in [1.29, 1.82) is 0 Å². The Bertz CT molecular complexity index is 1330. The van der Waals surface area contributed by atoms with Gasteiger partial charge in [0.15, 0.2) is 23.7 Å². The number of aliphatic carboxylic acids is 1. The van der Waals surface area contributed by atoms with Crippen LogP contribution in [0.1, 0.15) is 32.9 Å². The Labute approximate surface area is 221 Å². The Morgan fingerprint density at radius 3 is 2.67 bits per heavy atom. The molecule has 14 nitrogen and oxygen atoms in total. The first-order valence-corrected chi connectivity index (χ1v) is 12.8. The summed E-state index contributed by atoms with van der Waals surface area (Å²) in [6.07, 6.45) is -3.53. The number of aliphatic hydroxyl groups excluding tert-OH is 1. The SMILES string of the molecule is C[C@H](N=[P+]([O-])Oc1ccccc1OC[C@H]1O[C@@H](n2ccc(=O)[nH]c2=O)[C@](C)(F)[C@@H]1O)C(=O)OCCCC(=O)O. The molecule has 0 bridgehead atoms. The highest BCUT2D eigenvalue weighted by Gasteiger charge is 2.55. The second-order valence-corrected chi connectivity index (χ2v) is 9.57. The number of esters is 1. The van der Waals surface area contributed by atoms with E-state index in [1.165, 1.54) is 19.1 Å². The number of carbonyl (C=O) groups is 2. The Hall–Kier alpha value is -3.65. The van der Waals surface area contributed by atoms with Gasteiger partial charge in [0.25, 0.3) is 5.56 Å². The normalized spacial score (nSPS) is 23.7.